The number of carbonyl (C=O) groups is 2. The van der Waals surface area contributed by atoms with E-state index < -0.39 is 23.5 Å². The van der Waals surface area contributed by atoms with Crippen molar-refractivity contribution >= 4 is 29.1 Å². The first-order valence-corrected chi connectivity index (χ1v) is 11.5. The summed E-state index contributed by atoms with van der Waals surface area (Å²) < 4.78 is 16.1. The fourth-order valence-corrected chi connectivity index (χ4v) is 4.57. The minimum atomic E-state index is -0.908. The summed E-state index contributed by atoms with van der Waals surface area (Å²) >= 11 is 6.07. The number of likely N-dealkylation sites (tertiary alicyclic amines) is 1. The Morgan fingerprint density at radius 1 is 1.06 bits per heavy atom. The number of carbonyl (C=O) groups excluding carboxylic acids is 2. The van der Waals surface area contributed by atoms with Gasteiger partial charge in [-0.3, -0.25) is 14.5 Å². The molecule has 186 valence electrons. The van der Waals surface area contributed by atoms with Crippen LogP contribution in [0.1, 0.15) is 17.2 Å². The number of aliphatic hydroxyl groups excluding tert-OH is 1. The van der Waals surface area contributed by atoms with Gasteiger partial charge in [-0.1, -0.05) is 17.7 Å². The molecule has 0 unspecified atom stereocenters. The third-order valence-electron chi connectivity index (χ3n) is 6.24. The highest BCUT2D eigenvalue weighted by molar-refractivity contribution is 6.46. The fraction of sp³-hybridized carbons (Fsp3) is 0.360. The van der Waals surface area contributed by atoms with Gasteiger partial charge in [-0.2, -0.15) is 0 Å². The Kier molecular flexibility index (Phi) is 7.49. The van der Waals surface area contributed by atoms with Gasteiger partial charge in [0.1, 0.15) is 11.5 Å². The fourth-order valence-electron chi connectivity index (χ4n) is 4.40. The van der Waals surface area contributed by atoms with Crippen molar-refractivity contribution in [1.29, 1.82) is 0 Å². The Morgan fingerprint density at radius 2 is 1.77 bits per heavy atom. The van der Waals surface area contributed by atoms with Gasteiger partial charge in [0.25, 0.3) is 11.7 Å². The summed E-state index contributed by atoms with van der Waals surface area (Å²) in [5.41, 5.74) is 0.378. The average Bonchev–Trinajstić information content (AvgIpc) is 3.13. The van der Waals surface area contributed by atoms with Crippen LogP contribution in [0.4, 0.5) is 0 Å². The van der Waals surface area contributed by atoms with Crippen LogP contribution in [0.3, 0.4) is 0 Å². The maximum Gasteiger partial charge on any atom is 0.295 e. The second kappa shape index (κ2) is 10.6. The first kappa shape index (κ1) is 24.8. The van der Waals surface area contributed by atoms with Crippen LogP contribution in [0, 0.1) is 0 Å². The summed E-state index contributed by atoms with van der Waals surface area (Å²) in [5, 5.41) is 21.8. The zero-order valence-electron chi connectivity index (χ0n) is 19.5. The molecule has 9 nitrogen and oxygen atoms in total. The van der Waals surface area contributed by atoms with E-state index in [0.717, 1.165) is 13.1 Å². The minimum Gasteiger partial charge on any atom is -0.507 e. The van der Waals surface area contributed by atoms with Crippen molar-refractivity contribution in [3.8, 4) is 17.2 Å². The molecular formula is C25H27ClN2O7. The van der Waals surface area contributed by atoms with E-state index >= 15 is 0 Å². The second-order valence-corrected chi connectivity index (χ2v) is 8.66. The zero-order valence-corrected chi connectivity index (χ0v) is 20.2. The number of methoxy groups -OCH3 is 2. The smallest absolute Gasteiger partial charge is 0.295 e. The van der Waals surface area contributed by atoms with Crippen LogP contribution in [0.15, 0.2) is 42.0 Å². The standard InChI is InChI=1S/C25H27ClN2O7/c1-33-19-6-3-15(13-20(19)34-2)22-21(23(30)17-14-16(26)4-5-18(17)29)24(31)25(32)28(22)8-7-27-9-11-35-12-10-27/h3-6,13-14,22,29-30H,7-12H2,1-2H3/t22-/m1/s1. The van der Waals surface area contributed by atoms with Crippen molar-refractivity contribution in [2.45, 2.75) is 6.04 Å². The molecule has 2 heterocycles. The van der Waals surface area contributed by atoms with Crippen molar-refractivity contribution < 1.29 is 34.0 Å². The van der Waals surface area contributed by atoms with Gasteiger partial charge in [-0.25, -0.2) is 0 Å². The molecule has 2 aromatic carbocycles. The third-order valence-corrected chi connectivity index (χ3v) is 6.47. The quantitative estimate of drug-likeness (QED) is 0.338. The lowest BCUT2D eigenvalue weighted by molar-refractivity contribution is -0.140. The zero-order chi connectivity index (χ0) is 25.1. The van der Waals surface area contributed by atoms with Crippen molar-refractivity contribution in [3.63, 3.8) is 0 Å². The number of phenolic OH excluding ortho intramolecular Hbond substituents is 1. The SMILES string of the molecule is COc1ccc([C@@H]2C(=C(O)c3cc(Cl)ccc3O)C(=O)C(=O)N2CCN2CCOCC2)cc1OC. The molecule has 0 radical (unpaired) electrons. The maximum absolute atomic E-state index is 13.2. The highest BCUT2D eigenvalue weighted by atomic mass is 35.5. The number of Topliss-reactive ketones (excluding diaryl/α,β-unsaturated/α-hetero) is 1. The number of hydrogen-bond donors (Lipinski definition) is 2. The Balaban J connectivity index is 1.81. The van der Waals surface area contributed by atoms with E-state index in [1.165, 1.54) is 37.3 Å². The molecule has 2 fully saturated rings. The summed E-state index contributed by atoms with van der Waals surface area (Å²) in [5.74, 6) is -1.46. The number of ether oxygens (including phenoxy) is 3. The van der Waals surface area contributed by atoms with Gasteiger partial charge in [-0.15, -0.1) is 0 Å². The van der Waals surface area contributed by atoms with Gasteiger partial charge in [0, 0.05) is 31.2 Å². The third kappa shape index (κ3) is 4.93. The van der Waals surface area contributed by atoms with Crippen LogP contribution in [-0.4, -0.2) is 85.3 Å². The van der Waals surface area contributed by atoms with Gasteiger partial charge in [0.05, 0.1) is 44.6 Å². The number of morpholine rings is 1. The number of benzene rings is 2. The number of aromatic hydroxyl groups is 1. The number of amides is 1. The summed E-state index contributed by atoms with van der Waals surface area (Å²) in [7, 11) is 2.99. The normalized spacial score (nSPS) is 20.3. The van der Waals surface area contributed by atoms with Gasteiger partial charge in [-0.05, 0) is 35.9 Å². The monoisotopic (exact) mass is 502 g/mol. The number of halogens is 1. The number of aliphatic hydroxyl groups is 1. The van der Waals surface area contributed by atoms with Crippen LogP contribution in [-0.2, 0) is 14.3 Å². The Bertz CT molecular complexity index is 1160. The van der Waals surface area contributed by atoms with Crippen molar-refractivity contribution in [3.05, 3.63) is 58.1 Å². The average molecular weight is 503 g/mol. The molecule has 1 amide bonds. The summed E-state index contributed by atoms with van der Waals surface area (Å²) in [6.07, 6.45) is 0. The molecule has 2 aliphatic rings. The van der Waals surface area contributed by atoms with Crippen LogP contribution in [0.5, 0.6) is 17.2 Å². The van der Waals surface area contributed by atoms with E-state index in [0.29, 0.717) is 36.8 Å². The van der Waals surface area contributed by atoms with Crippen molar-refractivity contribution in [2.75, 3.05) is 53.6 Å². The molecule has 2 N–H and O–H groups in total. The van der Waals surface area contributed by atoms with Gasteiger partial charge in [0.15, 0.2) is 11.5 Å². The van der Waals surface area contributed by atoms with Crippen LogP contribution in [0.2, 0.25) is 5.02 Å². The van der Waals surface area contributed by atoms with Crippen LogP contribution < -0.4 is 9.47 Å². The molecule has 0 saturated carbocycles. The van der Waals surface area contributed by atoms with E-state index in [1.807, 2.05) is 0 Å². The predicted octanol–water partition coefficient (Wildman–Crippen LogP) is 2.82. The molecule has 0 aromatic heterocycles. The van der Waals surface area contributed by atoms with Gasteiger partial charge < -0.3 is 29.3 Å². The van der Waals surface area contributed by atoms with E-state index in [1.54, 1.807) is 18.2 Å². The Hall–Kier alpha value is -3.27. The van der Waals surface area contributed by atoms with E-state index in [-0.39, 0.29) is 28.5 Å². The van der Waals surface area contributed by atoms with Crippen molar-refractivity contribution in [2.24, 2.45) is 0 Å². The predicted molar refractivity (Wildman–Crippen MR) is 129 cm³/mol. The molecule has 4 rings (SSSR count). The molecule has 0 aliphatic carbocycles. The highest BCUT2D eigenvalue weighted by Gasteiger charge is 2.46. The summed E-state index contributed by atoms with van der Waals surface area (Å²) in [6, 6.07) is 8.27. The van der Waals surface area contributed by atoms with E-state index in [9.17, 15) is 19.8 Å². The number of hydrogen-bond acceptors (Lipinski definition) is 8. The van der Waals surface area contributed by atoms with Crippen LogP contribution >= 0.6 is 11.6 Å². The minimum absolute atomic E-state index is 0.0332. The maximum atomic E-state index is 13.2. The molecule has 10 heteroatoms. The van der Waals surface area contributed by atoms with Gasteiger partial charge >= 0.3 is 0 Å². The molecule has 35 heavy (non-hydrogen) atoms. The van der Waals surface area contributed by atoms with Gasteiger partial charge in [0.2, 0.25) is 0 Å². The number of phenols is 1. The molecule has 2 aliphatic heterocycles. The highest BCUT2D eigenvalue weighted by Crippen LogP contribution is 2.43. The number of nitrogens with zero attached hydrogens (tertiary/aromatic N) is 2. The largest absolute Gasteiger partial charge is 0.507 e. The molecular weight excluding hydrogens is 476 g/mol. The first-order valence-electron chi connectivity index (χ1n) is 11.1. The van der Waals surface area contributed by atoms with Crippen molar-refractivity contribution in [1.82, 2.24) is 9.80 Å². The topological polar surface area (TPSA) is 109 Å². The number of rotatable bonds is 7. The van der Waals surface area contributed by atoms with E-state index in [4.69, 9.17) is 25.8 Å². The van der Waals surface area contributed by atoms with E-state index in [2.05, 4.69) is 4.90 Å². The van der Waals surface area contributed by atoms with Crippen LogP contribution in [0.25, 0.3) is 5.76 Å². The lowest BCUT2D eigenvalue weighted by atomic mass is 9.94. The molecule has 1 atom stereocenters. The molecule has 0 spiro atoms. The molecule has 2 aromatic rings. The molecule has 2 saturated heterocycles. The summed E-state index contributed by atoms with van der Waals surface area (Å²) in [4.78, 5) is 30.0. The Labute approximate surface area is 208 Å². The lowest BCUT2D eigenvalue weighted by Gasteiger charge is -2.31. The second-order valence-electron chi connectivity index (χ2n) is 8.22. The Morgan fingerprint density at radius 3 is 2.46 bits per heavy atom. The lowest BCUT2D eigenvalue weighted by Crippen LogP contribution is -2.42. The molecule has 0 bridgehead atoms. The summed E-state index contributed by atoms with van der Waals surface area (Å²) in [6.45, 7) is 3.44. The number of ketones is 1. The first-order chi connectivity index (χ1) is 16.8.